The van der Waals surface area contributed by atoms with Crippen molar-refractivity contribution >= 4 is 28.3 Å². The number of halogens is 1. The van der Waals surface area contributed by atoms with E-state index < -0.39 is 5.76 Å². The molecule has 0 spiro atoms. The van der Waals surface area contributed by atoms with Crippen molar-refractivity contribution in [1.82, 2.24) is 24.6 Å². The molecule has 8 heteroatoms. The van der Waals surface area contributed by atoms with E-state index in [4.69, 9.17) is 21.0 Å². The van der Waals surface area contributed by atoms with E-state index in [1.54, 1.807) is 0 Å². The summed E-state index contributed by atoms with van der Waals surface area (Å²) in [5.74, 6) is -0.453. The number of H-pyrrole nitrogens is 1. The highest BCUT2D eigenvalue weighted by molar-refractivity contribution is 6.30. The van der Waals surface area contributed by atoms with Crippen LogP contribution in [-0.2, 0) is 6.54 Å². The molecule has 2 N–H and O–H groups in total. The van der Waals surface area contributed by atoms with Gasteiger partial charge in [-0.25, -0.2) is 9.78 Å². The zero-order valence-corrected chi connectivity index (χ0v) is 16.0. The fraction of sp³-hybridized carbons (Fsp3) is 0.300. The summed E-state index contributed by atoms with van der Waals surface area (Å²) in [5, 5.41) is 4.11. The minimum absolute atomic E-state index is 0.453. The maximum absolute atomic E-state index is 11.5. The number of rotatable bonds is 3. The van der Waals surface area contributed by atoms with Gasteiger partial charge >= 0.3 is 5.76 Å². The van der Waals surface area contributed by atoms with E-state index in [2.05, 4.69) is 19.6 Å². The third-order valence-electron chi connectivity index (χ3n) is 5.18. The Hall–Kier alpha value is -2.61. The van der Waals surface area contributed by atoms with Gasteiger partial charge < -0.3 is 14.1 Å². The second-order valence-electron chi connectivity index (χ2n) is 7.09. The van der Waals surface area contributed by atoms with Gasteiger partial charge in [-0.1, -0.05) is 17.7 Å². The molecule has 0 unspecified atom stereocenters. The molecule has 0 atom stereocenters. The van der Waals surface area contributed by atoms with Crippen LogP contribution >= 0.6 is 11.6 Å². The molecule has 3 aromatic heterocycles. The van der Waals surface area contributed by atoms with Crippen LogP contribution in [0.2, 0.25) is 5.02 Å². The number of aromatic nitrogens is 3. The molecule has 1 aromatic carbocycles. The molecular formula is C20H20ClN5O2. The number of benzene rings is 1. The Morgan fingerprint density at radius 3 is 3.04 bits per heavy atom. The maximum Gasteiger partial charge on any atom is 0.417 e. The average molecular weight is 398 g/mol. The molecule has 144 valence electrons. The van der Waals surface area contributed by atoms with E-state index in [9.17, 15) is 4.79 Å². The van der Waals surface area contributed by atoms with Crippen molar-refractivity contribution in [2.45, 2.75) is 13.0 Å². The summed E-state index contributed by atoms with van der Waals surface area (Å²) in [6.07, 6.45) is 3.03. The molecular weight excluding hydrogens is 378 g/mol. The molecule has 0 amide bonds. The van der Waals surface area contributed by atoms with E-state index >= 15 is 0 Å². The molecule has 1 aliphatic heterocycles. The van der Waals surface area contributed by atoms with Gasteiger partial charge in [0.25, 0.3) is 0 Å². The predicted molar refractivity (Wildman–Crippen MR) is 109 cm³/mol. The lowest BCUT2D eigenvalue weighted by Gasteiger charge is -2.20. The summed E-state index contributed by atoms with van der Waals surface area (Å²) in [6.45, 7) is 4.82. The van der Waals surface area contributed by atoms with Gasteiger partial charge in [0.2, 0.25) is 0 Å². The van der Waals surface area contributed by atoms with Crippen molar-refractivity contribution in [2.24, 2.45) is 0 Å². The highest BCUT2D eigenvalue weighted by atomic mass is 35.5. The van der Waals surface area contributed by atoms with Gasteiger partial charge in [0.15, 0.2) is 5.58 Å². The lowest BCUT2D eigenvalue weighted by Crippen LogP contribution is -2.28. The molecule has 0 bridgehead atoms. The van der Waals surface area contributed by atoms with Gasteiger partial charge in [-0.2, -0.15) is 0 Å². The minimum Gasteiger partial charge on any atom is -0.408 e. The number of hydrogen-bond donors (Lipinski definition) is 2. The molecule has 0 aliphatic carbocycles. The summed E-state index contributed by atoms with van der Waals surface area (Å²) in [7, 11) is 0. The van der Waals surface area contributed by atoms with Crippen molar-refractivity contribution in [2.75, 3.05) is 26.2 Å². The molecule has 4 heterocycles. The molecule has 1 aliphatic rings. The molecule has 4 aromatic rings. The summed E-state index contributed by atoms with van der Waals surface area (Å²) in [5.41, 5.74) is 4.93. The number of pyridine rings is 1. The van der Waals surface area contributed by atoms with E-state index in [0.29, 0.717) is 16.1 Å². The van der Waals surface area contributed by atoms with Gasteiger partial charge in [-0.05, 0) is 43.8 Å². The van der Waals surface area contributed by atoms with E-state index in [0.717, 1.165) is 61.7 Å². The first-order valence-electron chi connectivity index (χ1n) is 9.40. The van der Waals surface area contributed by atoms with E-state index in [1.165, 1.54) is 0 Å². The lowest BCUT2D eigenvalue weighted by atomic mass is 10.1. The van der Waals surface area contributed by atoms with Crippen LogP contribution in [0.5, 0.6) is 0 Å². The standard InChI is InChI=1S/C20H20ClN5O2/c21-14-3-5-18-24-19(13-2-4-15-17(10-13)28-20(27)23-15)16(26(18)11-14)12-25-8-1-6-22-7-9-25/h2-5,10-11,22H,1,6-9,12H2,(H,23,27). The largest absolute Gasteiger partial charge is 0.417 e. The van der Waals surface area contributed by atoms with Crippen LogP contribution in [0.1, 0.15) is 12.1 Å². The maximum atomic E-state index is 11.5. The van der Waals surface area contributed by atoms with Gasteiger partial charge in [0.05, 0.1) is 21.9 Å². The number of fused-ring (bicyclic) bond motifs is 2. The fourth-order valence-corrected chi connectivity index (χ4v) is 3.97. The Kier molecular flexibility index (Phi) is 4.43. The Labute approximate surface area is 165 Å². The van der Waals surface area contributed by atoms with Gasteiger partial charge in [-0.3, -0.25) is 9.88 Å². The fourth-order valence-electron chi connectivity index (χ4n) is 3.81. The van der Waals surface area contributed by atoms with Gasteiger partial charge in [-0.15, -0.1) is 0 Å². The number of oxazole rings is 1. The zero-order valence-electron chi connectivity index (χ0n) is 15.2. The van der Waals surface area contributed by atoms with Crippen LogP contribution in [0.3, 0.4) is 0 Å². The molecule has 0 radical (unpaired) electrons. The van der Waals surface area contributed by atoms with Crippen LogP contribution in [0.15, 0.2) is 45.7 Å². The molecule has 0 saturated carbocycles. The number of aromatic amines is 1. The third kappa shape index (κ3) is 3.22. The van der Waals surface area contributed by atoms with Gasteiger partial charge in [0, 0.05) is 31.4 Å². The highest BCUT2D eigenvalue weighted by Crippen LogP contribution is 2.29. The summed E-state index contributed by atoms with van der Waals surface area (Å²) in [4.78, 5) is 21.5. The molecule has 1 fully saturated rings. The number of imidazole rings is 1. The van der Waals surface area contributed by atoms with Crippen molar-refractivity contribution in [3.63, 3.8) is 0 Å². The normalized spacial score (nSPS) is 16.0. The van der Waals surface area contributed by atoms with Crippen molar-refractivity contribution in [3.8, 4) is 11.3 Å². The van der Waals surface area contributed by atoms with Crippen molar-refractivity contribution in [3.05, 3.63) is 57.8 Å². The van der Waals surface area contributed by atoms with Crippen LogP contribution in [-0.4, -0.2) is 45.4 Å². The van der Waals surface area contributed by atoms with Crippen molar-refractivity contribution < 1.29 is 4.42 Å². The summed E-state index contributed by atoms with van der Waals surface area (Å²) in [6, 6.07) is 9.46. The second kappa shape index (κ2) is 7.09. The molecule has 1 saturated heterocycles. The SMILES string of the molecule is O=c1[nH]c2ccc(-c3nc4ccc(Cl)cn4c3CN3CCCNCC3)cc2o1. The summed E-state index contributed by atoms with van der Waals surface area (Å²) >= 11 is 6.27. The number of nitrogens with one attached hydrogen (secondary N) is 2. The van der Waals surface area contributed by atoms with Crippen LogP contribution < -0.4 is 11.1 Å². The first-order chi connectivity index (χ1) is 13.7. The van der Waals surface area contributed by atoms with Crippen molar-refractivity contribution in [1.29, 1.82) is 0 Å². The Bertz CT molecular complexity index is 1200. The Balaban J connectivity index is 1.64. The smallest absolute Gasteiger partial charge is 0.408 e. The number of hydrogen-bond acceptors (Lipinski definition) is 5. The first kappa shape index (κ1) is 17.5. The first-order valence-corrected chi connectivity index (χ1v) is 9.78. The predicted octanol–water partition coefficient (Wildman–Crippen LogP) is 2.88. The monoisotopic (exact) mass is 397 g/mol. The summed E-state index contributed by atoms with van der Waals surface area (Å²) < 4.78 is 7.31. The number of nitrogens with zero attached hydrogens (tertiary/aromatic N) is 3. The van der Waals surface area contributed by atoms with E-state index in [1.807, 2.05) is 36.5 Å². The minimum atomic E-state index is -0.453. The van der Waals surface area contributed by atoms with Crippen LogP contribution in [0.25, 0.3) is 28.0 Å². The Morgan fingerprint density at radius 2 is 2.11 bits per heavy atom. The average Bonchev–Trinajstić information content (AvgIpc) is 3.10. The Morgan fingerprint density at radius 1 is 1.18 bits per heavy atom. The topological polar surface area (TPSA) is 78.6 Å². The molecule has 28 heavy (non-hydrogen) atoms. The lowest BCUT2D eigenvalue weighted by molar-refractivity contribution is 0.281. The van der Waals surface area contributed by atoms with Gasteiger partial charge in [0.1, 0.15) is 5.65 Å². The van der Waals surface area contributed by atoms with E-state index in [-0.39, 0.29) is 0 Å². The second-order valence-corrected chi connectivity index (χ2v) is 7.52. The zero-order chi connectivity index (χ0) is 19.1. The molecule has 7 nitrogen and oxygen atoms in total. The highest BCUT2D eigenvalue weighted by Gasteiger charge is 2.19. The molecule has 5 rings (SSSR count). The quantitative estimate of drug-likeness (QED) is 0.555. The van der Waals surface area contributed by atoms with Crippen LogP contribution in [0.4, 0.5) is 0 Å². The van der Waals surface area contributed by atoms with Crippen LogP contribution in [0, 0.1) is 0 Å². The third-order valence-corrected chi connectivity index (χ3v) is 5.41.